The van der Waals surface area contributed by atoms with Crippen LogP contribution in [0.2, 0.25) is 15.1 Å². The van der Waals surface area contributed by atoms with Gasteiger partial charge in [0.05, 0.1) is 15.7 Å². The van der Waals surface area contributed by atoms with E-state index in [0.29, 0.717) is 31.6 Å². The minimum Gasteiger partial charge on any atom is -0.326 e. The Labute approximate surface area is 182 Å². The molecule has 9 heteroatoms. The lowest BCUT2D eigenvalue weighted by Crippen LogP contribution is -2.30. The first kappa shape index (κ1) is 21.0. The van der Waals surface area contributed by atoms with Crippen LogP contribution in [0.4, 0.5) is 11.4 Å². The molecule has 1 atom stereocenters. The second-order valence-electron chi connectivity index (χ2n) is 6.19. The van der Waals surface area contributed by atoms with Crippen molar-refractivity contribution < 1.29 is 9.59 Å². The van der Waals surface area contributed by atoms with Gasteiger partial charge < -0.3 is 5.32 Å². The third-order valence-corrected chi connectivity index (χ3v) is 6.56. The van der Waals surface area contributed by atoms with Gasteiger partial charge in [0.25, 0.3) is 0 Å². The molecule has 0 saturated carbocycles. The van der Waals surface area contributed by atoms with E-state index in [-0.39, 0.29) is 18.2 Å². The van der Waals surface area contributed by atoms with Gasteiger partial charge in [-0.3, -0.25) is 14.5 Å². The summed E-state index contributed by atoms with van der Waals surface area (Å²) < 4.78 is 0. The molecule has 0 aromatic heterocycles. The predicted molar refractivity (Wildman–Crippen MR) is 117 cm³/mol. The van der Waals surface area contributed by atoms with Gasteiger partial charge in [0.1, 0.15) is 5.25 Å². The van der Waals surface area contributed by atoms with Crippen LogP contribution in [0.1, 0.15) is 12.0 Å². The molecule has 1 saturated heterocycles. The molecular formula is C19H16Cl3N3O2S. The molecule has 5 nitrogen and oxygen atoms in total. The van der Waals surface area contributed by atoms with E-state index in [2.05, 4.69) is 10.3 Å². The van der Waals surface area contributed by atoms with E-state index >= 15 is 0 Å². The molecule has 28 heavy (non-hydrogen) atoms. The highest BCUT2D eigenvalue weighted by Crippen LogP contribution is 2.36. The average Bonchev–Trinajstić information content (AvgIpc) is 2.90. The zero-order valence-corrected chi connectivity index (χ0v) is 18.1. The molecule has 0 bridgehead atoms. The Balaban J connectivity index is 1.70. The van der Waals surface area contributed by atoms with E-state index in [0.717, 1.165) is 5.56 Å². The normalized spacial score (nSPS) is 18.0. The van der Waals surface area contributed by atoms with Gasteiger partial charge in [-0.05, 0) is 36.8 Å². The Kier molecular flexibility index (Phi) is 6.55. The summed E-state index contributed by atoms with van der Waals surface area (Å²) in [5.74, 6) is -0.472. The zero-order chi connectivity index (χ0) is 20.4. The summed E-state index contributed by atoms with van der Waals surface area (Å²) in [5.41, 5.74) is 1.98. The van der Waals surface area contributed by atoms with Crippen LogP contribution >= 0.6 is 46.6 Å². The summed E-state index contributed by atoms with van der Waals surface area (Å²) >= 11 is 19.5. The summed E-state index contributed by atoms with van der Waals surface area (Å²) in [6.45, 7) is 1.88. The molecule has 1 heterocycles. The van der Waals surface area contributed by atoms with Crippen LogP contribution in [0.3, 0.4) is 0 Å². The quantitative estimate of drug-likeness (QED) is 0.656. The molecule has 2 amide bonds. The molecular weight excluding hydrogens is 441 g/mol. The third-order valence-electron chi connectivity index (χ3n) is 4.11. The lowest BCUT2D eigenvalue weighted by molar-refractivity contribution is -0.127. The summed E-state index contributed by atoms with van der Waals surface area (Å²) in [6.07, 6.45) is 0.0155. The Morgan fingerprint density at radius 2 is 1.96 bits per heavy atom. The zero-order valence-electron chi connectivity index (χ0n) is 15.0. The number of amides is 2. The molecule has 2 aromatic carbocycles. The number of carbonyl (C=O) groups is 2. The number of hydrogen-bond acceptors (Lipinski definition) is 4. The Morgan fingerprint density at radius 1 is 1.21 bits per heavy atom. The van der Waals surface area contributed by atoms with Crippen LogP contribution in [-0.4, -0.2) is 34.2 Å². The molecule has 1 unspecified atom stereocenters. The van der Waals surface area contributed by atoms with Crippen molar-refractivity contribution >= 4 is 74.9 Å². The number of aryl methyl sites for hydroxylation is 1. The van der Waals surface area contributed by atoms with E-state index in [4.69, 9.17) is 34.8 Å². The monoisotopic (exact) mass is 455 g/mol. The SMILES string of the molecule is Cc1ccc(NC(=O)CC2SC(=Nc3cccc(Cl)c3Cl)N(C)C2=O)cc1Cl. The number of benzene rings is 2. The third kappa shape index (κ3) is 4.63. The van der Waals surface area contributed by atoms with Gasteiger partial charge in [0.2, 0.25) is 11.8 Å². The minimum absolute atomic E-state index is 0.0155. The van der Waals surface area contributed by atoms with Crippen molar-refractivity contribution in [3.05, 3.63) is 57.0 Å². The molecule has 0 aliphatic carbocycles. The van der Waals surface area contributed by atoms with Crippen molar-refractivity contribution in [2.24, 2.45) is 4.99 Å². The Morgan fingerprint density at radius 3 is 2.68 bits per heavy atom. The fourth-order valence-corrected chi connectivity index (χ4v) is 4.20. The van der Waals surface area contributed by atoms with E-state index in [1.807, 2.05) is 13.0 Å². The second-order valence-corrected chi connectivity index (χ2v) is 8.55. The highest BCUT2D eigenvalue weighted by molar-refractivity contribution is 8.15. The second kappa shape index (κ2) is 8.74. The highest BCUT2D eigenvalue weighted by Gasteiger charge is 2.37. The first-order valence-corrected chi connectivity index (χ1v) is 10.3. The van der Waals surface area contributed by atoms with Crippen LogP contribution in [-0.2, 0) is 9.59 Å². The minimum atomic E-state index is -0.567. The van der Waals surface area contributed by atoms with Gasteiger partial charge in [-0.15, -0.1) is 0 Å². The number of amidine groups is 1. The fraction of sp³-hybridized carbons (Fsp3) is 0.211. The molecule has 146 valence electrons. The maximum Gasteiger partial charge on any atom is 0.242 e. The largest absolute Gasteiger partial charge is 0.326 e. The number of anilines is 1. The van der Waals surface area contributed by atoms with Crippen LogP contribution in [0, 0.1) is 6.92 Å². The van der Waals surface area contributed by atoms with Gasteiger partial charge in [0, 0.05) is 24.2 Å². The topological polar surface area (TPSA) is 61.8 Å². The summed E-state index contributed by atoms with van der Waals surface area (Å²) in [7, 11) is 1.62. The van der Waals surface area contributed by atoms with Crippen molar-refractivity contribution in [3.63, 3.8) is 0 Å². The van der Waals surface area contributed by atoms with Crippen LogP contribution in [0.15, 0.2) is 41.4 Å². The van der Waals surface area contributed by atoms with Gasteiger partial charge in [-0.25, -0.2) is 4.99 Å². The Hall–Kier alpha value is -1.73. The highest BCUT2D eigenvalue weighted by atomic mass is 35.5. The predicted octanol–water partition coefficient (Wildman–Crippen LogP) is 5.55. The van der Waals surface area contributed by atoms with Crippen molar-refractivity contribution in [2.75, 3.05) is 12.4 Å². The number of aliphatic imine (C=N–C) groups is 1. The molecule has 2 aromatic rings. The number of carbonyl (C=O) groups excluding carboxylic acids is 2. The smallest absolute Gasteiger partial charge is 0.242 e. The first-order chi connectivity index (χ1) is 13.3. The van der Waals surface area contributed by atoms with Crippen LogP contribution < -0.4 is 5.32 Å². The Bertz CT molecular complexity index is 981. The maximum absolute atomic E-state index is 12.5. The molecule has 0 radical (unpaired) electrons. The number of nitrogens with zero attached hydrogens (tertiary/aromatic N) is 2. The fourth-order valence-electron chi connectivity index (χ4n) is 2.53. The van der Waals surface area contributed by atoms with Gasteiger partial charge in [-0.2, -0.15) is 0 Å². The lowest BCUT2D eigenvalue weighted by Gasteiger charge is -2.10. The van der Waals surface area contributed by atoms with Crippen molar-refractivity contribution in [2.45, 2.75) is 18.6 Å². The summed E-state index contributed by atoms with van der Waals surface area (Å²) in [4.78, 5) is 30.7. The van der Waals surface area contributed by atoms with Crippen LogP contribution in [0.5, 0.6) is 0 Å². The van der Waals surface area contributed by atoms with E-state index in [9.17, 15) is 9.59 Å². The number of halogens is 3. The summed E-state index contributed by atoms with van der Waals surface area (Å²) in [5, 5.41) is 3.93. The average molecular weight is 457 g/mol. The van der Waals surface area contributed by atoms with Gasteiger partial charge >= 0.3 is 0 Å². The van der Waals surface area contributed by atoms with E-state index < -0.39 is 5.25 Å². The summed E-state index contributed by atoms with van der Waals surface area (Å²) in [6, 6.07) is 10.4. The molecule has 1 aliphatic rings. The number of rotatable bonds is 4. The number of hydrogen-bond donors (Lipinski definition) is 1. The van der Waals surface area contributed by atoms with Crippen molar-refractivity contribution in [1.82, 2.24) is 4.90 Å². The molecule has 0 spiro atoms. The van der Waals surface area contributed by atoms with Crippen molar-refractivity contribution in [3.8, 4) is 0 Å². The van der Waals surface area contributed by atoms with Crippen molar-refractivity contribution in [1.29, 1.82) is 0 Å². The lowest BCUT2D eigenvalue weighted by atomic mass is 10.2. The van der Waals surface area contributed by atoms with E-state index in [1.165, 1.54) is 16.7 Å². The molecule has 1 N–H and O–H groups in total. The van der Waals surface area contributed by atoms with E-state index in [1.54, 1.807) is 37.4 Å². The van der Waals surface area contributed by atoms with Gasteiger partial charge in [0.15, 0.2) is 5.17 Å². The molecule has 3 rings (SSSR count). The molecule has 1 fully saturated rings. The van der Waals surface area contributed by atoms with Gasteiger partial charge in [-0.1, -0.05) is 58.7 Å². The number of thioether (sulfide) groups is 1. The molecule has 1 aliphatic heterocycles. The standard InChI is InChI=1S/C19H16Cl3N3O2S/c1-10-6-7-11(8-13(10)21)23-16(26)9-15-18(27)25(2)19(28-15)24-14-5-3-4-12(20)17(14)22/h3-8,15H,9H2,1-2H3,(H,23,26). The maximum atomic E-state index is 12.5. The number of nitrogens with one attached hydrogen (secondary N) is 1. The first-order valence-electron chi connectivity index (χ1n) is 8.29. The van der Waals surface area contributed by atoms with Crippen LogP contribution in [0.25, 0.3) is 0 Å².